The fourth-order valence-electron chi connectivity index (χ4n) is 1.94. The fraction of sp³-hybridized carbons (Fsp3) is 0.167. The molecule has 7 nitrogen and oxygen atoms in total. The van der Waals surface area contributed by atoms with E-state index in [2.05, 4.69) is 16.0 Å². The van der Waals surface area contributed by atoms with Crippen molar-refractivity contribution in [1.82, 2.24) is 10.6 Å². The highest BCUT2D eigenvalue weighted by Gasteiger charge is 2.04. The summed E-state index contributed by atoms with van der Waals surface area (Å²) in [6.45, 7) is 1.59. The third-order valence-electron chi connectivity index (χ3n) is 3.12. The highest BCUT2D eigenvalue weighted by atomic mass is 16.3. The Morgan fingerprint density at radius 3 is 2.48 bits per heavy atom. The van der Waals surface area contributed by atoms with Crippen LogP contribution in [0.4, 0.5) is 5.69 Å². The van der Waals surface area contributed by atoms with Gasteiger partial charge in [0.25, 0.3) is 0 Å². The van der Waals surface area contributed by atoms with E-state index in [0.717, 1.165) is 5.56 Å². The third kappa shape index (κ3) is 6.74. The van der Waals surface area contributed by atoms with Crippen molar-refractivity contribution in [2.45, 2.75) is 13.5 Å². The van der Waals surface area contributed by atoms with Crippen molar-refractivity contribution in [2.75, 3.05) is 11.9 Å². The van der Waals surface area contributed by atoms with Gasteiger partial charge in [-0.1, -0.05) is 12.1 Å². The molecule has 0 aliphatic heterocycles. The zero-order chi connectivity index (χ0) is 18.1. The number of anilines is 1. The van der Waals surface area contributed by atoms with Gasteiger partial charge in [0.2, 0.25) is 17.7 Å². The van der Waals surface area contributed by atoms with Crippen LogP contribution in [0, 0.1) is 0 Å². The summed E-state index contributed by atoms with van der Waals surface area (Å²) in [5.41, 5.74) is 1.48. The van der Waals surface area contributed by atoms with Gasteiger partial charge in [-0.05, 0) is 35.9 Å². The van der Waals surface area contributed by atoms with Crippen LogP contribution in [0.2, 0.25) is 0 Å². The lowest BCUT2D eigenvalue weighted by atomic mass is 10.2. The maximum Gasteiger partial charge on any atom is 0.244 e. The third-order valence-corrected chi connectivity index (χ3v) is 3.12. The van der Waals surface area contributed by atoms with E-state index >= 15 is 0 Å². The predicted octanol–water partition coefficient (Wildman–Crippen LogP) is 1.68. The van der Waals surface area contributed by atoms with Crippen LogP contribution in [-0.4, -0.2) is 24.3 Å². The molecule has 1 aromatic carbocycles. The van der Waals surface area contributed by atoms with Crippen LogP contribution >= 0.6 is 0 Å². The summed E-state index contributed by atoms with van der Waals surface area (Å²) in [6.07, 6.45) is 4.48. The SMILES string of the molecule is CC(=O)Nc1ccc(/C=C/C(=O)NCC(=O)NCc2ccco2)cc1. The molecule has 0 unspecified atom stereocenters. The predicted molar refractivity (Wildman–Crippen MR) is 93.3 cm³/mol. The van der Waals surface area contributed by atoms with Gasteiger partial charge in [0, 0.05) is 18.7 Å². The molecule has 1 aromatic heterocycles. The summed E-state index contributed by atoms with van der Waals surface area (Å²) in [5, 5.41) is 7.78. The molecule has 1 heterocycles. The van der Waals surface area contributed by atoms with Crippen LogP contribution in [0.3, 0.4) is 0 Å². The summed E-state index contributed by atoms with van der Waals surface area (Å²) in [4.78, 5) is 34.3. The number of hydrogen-bond donors (Lipinski definition) is 3. The van der Waals surface area contributed by atoms with E-state index in [-0.39, 0.29) is 30.8 Å². The molecule has 0 radical (unpaired) electrons. The molecule has 0 bridgehead atoms. The highest BCUT2D eigenvalue weighted by molar-refractivity contribution is 5.94. The number of benzene rings is 1. The molecule has 3 N–H and O–H groups in total. The first-order valence-electron chi connectivity index (χ1n) is 7.65. The second-order valence-corrected chi connectivity index (χ2v) is 5.21. The van der Waals surface area contributed by atoms with E-state index < -0.39 is 0 Å². The van der Waals surface area contributed by atoms with Crippen molar-refractivity contribution >= 4 is 29.5 Å². The maximum absolute atomic E-state index is 11.7. The Bertz CT molecular complexity index is 749. The average molecular weight is 341 g/mol. The van der Waals surface area contributed by atoms with E-state index in [1.54, 1.807) is 42.5 Å². The smallest absolute Gasteiger partial charge is 0.244 e. The first kappa shape index (κ1) is 18.0. The van der Waals surface area contributed by atoms with Crippen LogP contribution < -0.4 is 16.0 Å². The molecule has 3 amide bonds. The minimum absolute atomic E-state index is 0.120. The molecule has 130 valence electrons. The largest absolute Gasteiger partial charge is 0.467 e. The molecule has 0 spiro atoms. The zero-order valence-electron chi connectivity index (χ0n) is 13.7. The summed E-state index contributed by atoms with van der Waals surface area (Å²) >= 11 is 0. The molecule has 0 saturated carbocycles. The van der Waals surface area contributed by atoms with Gasteiger partial charge in [-0.2, -0.15) is 0 Å². The number of amides is 3. The fourth-order valence-corrected chi connectivity index (χ4v) is 1.94. The van der Waals surface area contributed by atoms with E-state index in [9.17, 15) is 14.4 Å². The van der Waals surface area contributed by atoms with E-state index in [1.807, 2.05) is 0 Å². The molecule has 2 aromatic rings. The highest BCUT2D eigenvalue weighted by Crippen LogP contribution is 2.10. The van der Waals surface area contributed by atoms with Crippen molar-refractivity contribution < 1.29 is 18.8 Å². The Balaban J connectivity index is 1.72. The first-order chi connectivity index (χ1) is 12.0. The van der Waals surface area contributed by atoms with Crippen molar-refractivity contribution in [3.05, 3.63) is 60.1 Å². The lowest BCUT2D eigenvalue weighted by molar-refractivity contribution is -0.124. The van der Waals surface area contributed by atoms with Crippen LogP contribution in [0.15, 0.2) is 53.2 Å². The van der Waals surface area contributed by atoms with Gasteiger partial charge in [-0.15, -0.1) is 0 Å². The Labute approximate surface area is 145 Å². The molecule has 0 saturated heterocycles. The Kier molecular flexibility index (Phi) is 6.53. The molecule has 0 fully saturated rings. The van der Waals surface area contributed by atoms with Gasteiger partial charge >= 0.3 is 0 Å². The van der Waals surface area contributed by atoms with Gasteiger partial charge < -0.3 is 20.4 Å². The molecule has 0 atom stereocenters. The Morgan fingerprint density at radius 2 is 1.84 bits per heavy atom. The van der Waals surface area contributed by atoms with Gasteiger partial charge in [0.05, 0.1) is 19.4 Å². The number of carbonyl (C=O) groups excluding carboxylic acids is 3. The normalized spacial score (nSPS) is 10.4. The van der Waals surface area contributed by atoms with Crippen LogP contribution in [0.25, 0.3) is 6.08 Å². The summed E-state index contributed by atoms with van der Waals surface area (Å²) in [6, 6.07) is 10.5. The molecule has 0 aliphatic carbocycles. The lowest BCUT2D eigenvalue weighted by Gasteiger charge is -2.04. The summed E-state index contributed by atoms with van der Waals surface area (Å²) < 4.78 is 5.09. The quantitative estimate of drug-likeness (QED) is 0.667. The van der Waals surface area contributed by atoms with E-state index in [4.69, 9.17) is 4.42 Å². The molecular formula is C18H19N3O4. The van der Waals surface area contributed by atoms with E-state index in [0.29, 0.717) is 11.4 Å². The van der Waals surface area contributed by atoms with Crippen molar-refractivity contribution in [3.63, 3.8) is 0 Å². The van der Waals surface area contributed by atoms with Gasteiger partial charge in [-0.3, -0.25) is 14.4 Å². The number of rotatable bonds is 7. The number of carbonyl (C=O) groups is 3. The number of nitrogens with one attached hydrogen (secondary N) is 3. The molecule has 0 aliphatic rings. The summed E-state index contributed by atoms with van der Waals surface area (Å²) in [7, 11) is 0. The minimum atomic E-state index is -0.376. The van der Waals surface area contributed by atoms with Crippen LogP contribution in [0.1, 0.15) is 18.2 Å². The zero-order valence-corrected chi connectivity index (χ0v) is 13.7. The van der Waals surface area contributed by atoms with Crippen LogP contribution in [-0.2, 0) is 20.9 Å². The van der Waals surface area contributed by atoms with Gasteiger partial charge in [0.1, 0.15) is 5.76 Å². The Morgan fingerprint density at radius 1 is 1.08 bits per heavy atom. The minimum Gasteiger partial charge on any atom is -0.467 e. The van der Waals surface area contributed by atoms with E-state index in [1.165, 1.54) is 19.3 Å². The topological polar surface area (TPSA) is 100 Å². The van der Waals surface area contributed by atoms with Gasteiger partial charge in [-0.25, -0.2) is 0 Å². The lowest BCUT2D eigenvalue weighted by Crippen LogP contribution is -2.35. The van der Waals surface area contributed by atoms with Crippen molar-refractivity contribution in [3.8, 4) is 0 Å². The first-order valence-corrected chi connectivity index (χ1v) is 7.65. The molecule has 7 heteroatoms. The van der Waals surface area contributed by atoms with Gasteiger partial charge in [0.15, 0.2) is 0 Å². The standard InChI is InChI=1S/C18H19N3O4/c1-13(22)21-15-7-4-14(5-8-15)6-9-17(23)20-12-18(24)19-11-16-3-2-10-25-16/h2-10H,11-12H2,1H3,(H,19,24)(H,20,23)(H,21,22)/b9-6+. The summed E-state index contributed by atoms with van der Waals surface area (Å²) in [5.74, 6) is -0.188. The monoisotopic (exact) mass is 341 g/mol. The van der Waals surface area contributed by atoms with Crippen molar-refractivity contribution in [2.24, 2.45) is 0 Å². The second kappa shape index (κ2) is 9.07. The van der Waals surface area contributed by atoms with Crippen molar-refractivity contribution in [1.29, 1.82) is 0 Å². The van der Waals surface area contributed by atoms with Crippen LogP contribution in [0.5, 0.6) is 0 Å². The molecule has 2 rings (SSSR count). The average Bonchev–Trinajstić information content (AvgIpc) is 3.10. The number of hydrogen-bond acceptors (Lipinski definition) is 4. The number of furan rings is 1. The molecule has 25 heavy (non-hydrogen) atoms. The molecular weight excluding hydrogens is 322 g/mol. The second-order valence-electron chi connectivity index (χ2n) is 5.21. The Hall–Kier alpha value is -3.35. The maximum atomic E-state index is 11.7.